The topological polar surface area (TPSA) is 54.4 Å². The van der Waals surface area contributed by atoms with Crippen LogP contribution in [0.15, 0.2) is 52.9 Å². The molecule has 0 unspecified atom stereocenters. The number of amides is 1. The van der Waals surface area contributed by atoms with E-state index in [1.54, 1.807) is 30.7 Å². The zero-order chi connectivity index (χ0) is 14.8. The van der Waals surface area contributed by atoms with Gasteiger partial charge in [0, 0.05) is 24.2 Å². The first-order chi connectivity index (χ1) is 9.59. The summed E-state index contributed by atoms with van der Waals surface area (Å²) >= 11 is 0. The predicted octanol–water partition coefficient (Wildman–Crippen LogP) is 3.49. The molecule has 0 radical (unpaired) electrons. The van der Waals surface area contributed by atoms with E-state index in [0.29, 0.717) is 5.56 Å². The Morgan fingerprint density at radius 2 is 2.00 bits per heavy atom. The van der Waals surface area contributed by atoms with Crippen LogP contribution in [0.1, 0.15) is 44.0 Å². The number of nitrogens with zero attached hydrogens (tertiary/aromatic N) is 2. The number of nitrogens with one attached hydrogen (secondary N) is 1. The summed E-state index contributed by atoms with van der Waals surface area (Å²) in [5.74, 6) is -0.237. The Morgan fingerprint density at radius 3 is 2.65 bits per heavy atom. The maximum absolute atomic E-state index is 11.7. The molecule has 1 amide bonds. The summed E-state index contributed by atoms with van der Waals surface area (Å²) in [6.07, 6.45) is 10.9. The first-order valence-electron chi connectivity index (χ1n) is 6.62. The van der Waals surface area contributed by atoms with Gasteiger partial charge >= 0.3 is 0 Å². The summed E-state index contributed by atoms with van der Waals surface area (Å²) in [4.78, 5) is 15.5. The Bertz CT molecular complexity index is 512. The van der Waals surface area contributed by atoms with Gasteiger partial charge < -0.3 is 0 Å². The highest BCUT2D eigenvalue weighted by Gasteiger charge is 2.01. The highest BCUT2D eigenvalue weighted by molar-refractivity contribution is 5.94. The fourth-order valence-electron chi connectivity index (χ4n) is 1.50. The van der Waals surface area contributed by atoms with Crippen LogP contribution in [-0.2, 0) is 0 Å². The van der Waals surface area contributed by atoms with E-state index in [-0.39, 0.29) is 5.91 Å². The van der Waals surface area contributed by atoms with E-state index in [2.05, 4.69) is 42.4 Å². The minimum Gasteiger partial charge on any atom is -0.267 e. The lowest BCUT2D eigenvalue weighted by molar-refractivity contribution is 0.0955. The molecule has 0 saturated heterocycles. The predicted molar refractivity (Wildman–Crippen MR) is 82.6 cm³/mol. The molecule has 0 aromatic carbocycles. The second kappa shape index (κ2) is 8.80. The Hall–Kier alpha value is -2.23. The van der Waals surface area contributed by atoms with E-state index in [1.165, 1.54) is 11.1 Å². The Morgan fingerprint density at radius 1 is 1.30 bits per heavy atom. The van der Waals surface area contributed by atoms with Crippen LogP contribution < -0.4 is 5.43 Å². The number of carbonyl (C=O) groups is 1. The Balaban J connectivity index is 2.37. The van der Waals surface area contributed by atoms with Gasteiger partial charge in [-0.25, -0.2) is 5.43 Å². The molecule has 0 bridgehead atoms. The average Bonchev–Trinajstić information content (AvgIpc) is 2.44. The SMILES string of the molecule is CC(C)=CCC/C(C)=C/C=N\NC(=O)c1ccncc1. The minimum absolute atomic E-state index is 0.237. The molecule has 1 aromatic rings. The summed E-state index contributed by atoms with van der Waals surface area (Å²) in [6.45, 7) is 6.24. The number of hydrogen-bond donors (Lipinski definition) is 1. The van der Waals surface area contributed by atoms with Crippen molar-refractivity contribution in [1.82, 2.24) is 10.4 Å². The van der Waals surface area contributed by atoms with Gasteiger partial charge in [0.25, 0.3) is 5.91 Å². The fourth-order valence-corrected chi connectivity index (χ4v) is 1.50. The minimum atomic E-state index is -0.237. The molecule has 0 fully saturated rings. The molecule has 1 aromatic heterocycles. The normalized spacial score (nSPS) is 11.4. The molecule has 4 heteroatoms. The number of rotatable bonds is 6. The van der Waals surface area contributed by atoms with Crippen LogP contribution in [0.25, 0.3) is 0 Å². The molecule has 1 N–H and O–H groups in total. The third-order valence-electron chi connectivity index (χ3n) is 2.63. The molecular formula is C16H21N3O. The lowest BCUT2D eigenvalue weighted by atomic mass is 10.1. The highest BCUT2D eigenvalue weighted by atomic mass is 16.2. The van der Waals surface area contributed by atoms with Crippen LogP contribution in [-0.4, -0.2) is 17.1 Å². The number of aromatic nitrogens is 1. The van der Waals surface area contributed by atoms with E-state index in [0.717, 1.165) is 12.8 Å². The molecule has 0 atom stereocenters. The molecule has 106 valence electrons. The first-order valence-corrected chi connectivity index (χ1v) is 6.62. The van der Waals surface area contributed by atoms with Gasteiger partial charge in [-0.05, 0) is 51.8 Å². The van der Waals surface area contributed by atoms with Crippen molar-refractivity contribution in [2.45, 2.75) is 33.6 Å². The van der Waals surface area contributed by atoms with Gasteiger partial charge in [-0.2, -0.15) is 5.10 Å². The lowest BCUT2D eigenvalue weighted by Gasteiger charge is -1.98. The van der Waals surface area contributed by atoms with Crippen LogP contribution in [0.5, 0.6) is 0 Å². The molecule has 4 nitrogen and oxygen atoms in total. The van der Waals surface area contributed by atoms with Crippen LogP contribution in [0.2, 0.25) is 0 Å². The summed E-state index contributed by atoms with van der Waals surface area (Å²) < 4.78 is 0. The van der Waals surface area contributed by atoms with Gasteiger partial charge in [-0.3, -0.25) is 9.78 Å². The number of hydrogen-bond acceptors (Lipinski definition) is 3. The second-order valence-electron chi connectivity index (χ2n) is 4.79. The summed E-state index contributed by atoms with van der Waals surface area (Å²) in [6, 6.07) is 3.29. The molecule has 1 heterocycles. The van der Waals surface area contributed by atoms with E-state index in [4.69, 9.17) is 0 Å². The monoisotopic (exact) mass is 271 g/mol. The summed E-state index contributed by atoms with van der Waals surface area (Å²) in [7, 11) is 0. The van der Waals surface area contributed by atoms with Crippen LogP contribution in [0.4, 0.5) is 0 Å². The van der Waals surface area contributed by atoms with Crippen molar-refractivity contribution in [2.75, 3.05) is 0 Å². The Kier molecular flexibility index (Phi) is 6.96. The molecule has 0 spiro atoms. The van der Waals surface area contributed by atoms with E-state index >= 15 is 0 Å². The van der Waals surface area contributed by atoms with Crippen LogP contribution in [0, 0.1) is 0 Å². The highest BCUT2D eigenvalue weighted by Crippen LogP contribution is 2.05. The average molecular weight is 271 g/mol. The quantitative estimate of drug-likeness (QED) is 0.489. The zero-order valence-electron chi connectivity index (χ0n) is 12.3. The van der Waals surface area contributed by atoms with Gasteiger partial charge in [0.15, 0.2) is 0 Å². The lowest BCUT2D eigenvalue weighted by Crippen LogP contribution is -2.17. The Labute approximate surface area is 120 Å². The van der Waals surface area contributed by atoms with Crippen molar-refractivity contribution in [1.29, 1.82) is 0 Å². The van der Waals surface area contributed by atoms with Gasteiger partial charge in [-0.1, -0.05) is 17.2 Å². The van der Waals surface area contributed by atoms with Crippen molar-refractivity contribution in [3.63, 3.8) is 0 Å². The number of allylic oxidation sites excluding steroid dienone is 4. The van der Waals surface area contributed by atoms with Crippen molar-refractivity contribution < 1.29 is 4.79 Å². The molecule has 0 aliphatic rings. The molecule has 0 aliphatic carbocycles. The van der Waals surface area contributed by atoms with E-state index in [9.17, 15) is 4.79 Å². The van der Waals surface area contributed by atoms with Crippen LogP contribution >= 0.6 is 0 Å². The zero-order valence-corrected chi connectivity index (χ0v) is 12.3. The van der Waals surface area contributed by atoms with Crippen molar-refractivity contribution in [3.05, 3.63) is 53.4 Å². The molecule has 20 heavy (non-hydrogen) atoms. The maximum atomic E-state index is 11.7. The number of pyridine rings is 1. The second-order valence-corrected chi connectivity index (χ2v) is 4.79. The van der Waals surface area contributed by atoms with E-state index < -0.39 is 0 Å². The summed E-state index contributed by atoms with van der Waals surface area (Å²) in [5, 5.41) is 3.89. The third-order valence-corrected chi connectivity index (χ3v) is 2.63. The fraction of sp³-hybridized carbons (Fsp3) is 0.312. The standard InChI is InChI=1S/C16H21N3O/c1-13(2)5-4-6-14(3)7-12-18-19-16(20)15-8-10-17-11-9-15/h5,7-12H,4,6H2,1-3H3,(H,19,20)/b14-7+,18-12-. The molecular weight excluding hydrogens is 250 g/mol. The summed E-state index contributed by atoms with van der Waals surface area (Å²) in [5.41, 5.74) is 5.57. The van der Waals surface area contributed by atoms with Gasteiger partial charge in [0.2, 0.25) is 0 Å². The smallest absolute Gasteiger partial charge is 0.267 e. The van der Waals surface area contributed by atoms with Crippen molar-refractivity contribution in [3.8, 4) is 0 Å². The van der Waals surface area contributed by atoms with Gasteiger partial charge in [0.1, 0.15) is 0 Å². The third kappa shape index (κ3) is 6.64. The largest absolute Gasteiger partial charge is 0.271 e. The van der Waals surface area contributed by atoms with Crippen molar-refractivity contribution in [2.24, 2.45) is 5.10 Å². The van der Waals surface area contributed by atoms with E-state index in [1.807, 2.05) is 6.08 Å². The molecule has 0 aliphatic heterocycles. The van der Waals surface area contributed by atoms with Gasteiger partial charge in [-0.15, -0.1) is 0 Å². The number of carbonyl (C=O) groups excluding carboxylic acids is 1. The van der Waals surface area contributed by atoms with Gasteiger partial charge in [0.05, 0.1) is 0 Å². The first kappa shape index (κ1) is 15.8. The van der Waals surface area contributed by atoms with Crippen LogP contribution in [0.3, 0.4) is 0 Å². The maximum Gasteiger partial charge on any atom is 0.271 e. The van der Waals surface area contributed by atoms with Crippen molar-refractivity contribution >= 4 is 12.1 Å². The number of hydrazone groups is 1. The molecule has 1 rings (SSSR count). The molecule has 0 saturated carbocycles.